The van der Waals surface area contributed by atoms with Crippen LogP contribution in [-0.2, 0) is 21.1 Å². The molecule has 196 valence electrons. The maximum Gasteiger partial charge on any atom is 0.251 e. The lowest BCUT2D eigenvalue weighted by molar-refractivity contribution is 0.0950. The zero-order valence-corrected chi connectivity index (χ0v) is 22.2. The largest absolute Gasteiger partial charge is 0.361 e. The first kappa shape index (κ1) is 25.7. The van der Waals surface area contributed by atoms with Crippen molar-refractivity contribution in [2.24, 2.45) is 0 Å². The van der Waals surface area contributed by atoms with Gasteiger partial charge in [0.15, 0.2) is 9.84 Å². The van der Waals surface area contributed by atoms with Gasteiger partial charge in [-0.25, -0.2) is 18.4 Å². The molecule has 0 spiro atoms. The number of aryl methyl sites for hydroxylation is 1. The van der Waals surface area contributed by atoms with Gasteiger partial charge in [0.25, 0.3) is 5.91 Å². The summed E-state index contributed by atoms with van der Waals surface area (Å²) in [5.74, 6) is 0.483. The van der Waals surface area contributed by atoms with Crippen LogP contribution in [0.25, 0.3) is 22.3 Å². The Balaban J connectivity index is 1.34. The zero-order chi connectivity index (χ0) is 26.7. The monoisotopic (exact) mass is 531 g/mol. The van der Waals surface area contributed by atoms with Crippen molar-refractivity contribution in [1.82, 2.24) is 20.3 Å². The molecule has 1 fully saturated rings. The van der Waals surface area contributed by atoms with E-state index in [1.807, 2.05) is 36.4 Å². The second-order valence-corrected chi connectivity index (χ2v) is 11.4. The Morgan fingerprint density at radius 2 is 1.89 bits per heavy atom. The average Bonchev–Trinajstić information content (AvgIpc) is 3.21. The summed E-state index contributed by atoms with van der Waals surface area (Å²) in [5.41, 5.74) is 3.75. The highest BCUT2D eigenvalue weighted by Gasteiger charge is 2.16. The van der Waals surface area contributed by atoms with Crippen LogP contribution in [0.3, 0.4) is 0 Å². The number of ether oxygens (including phenoxy) is 1. The minimum absolute atomic E-state index is 0.145. The van der Waals surface area contributed by atoms with E-state index in [1.165, 1.54) is 6.07 Å². The lowest BCUT2D eigenvalue weighted by Crippen LogP contribution is -2.26. The molecule has 0 saturated carbocycles. The minimum Gasteiger partial charge on any atom is -0.361 e. The minimum atomic E-state index is -3.43. The summed E-state index contributed by atoms with van der Waals surface area (Å²) in [6.07, 6.45) is 4.97. The third-order valence-electron chi connectivity index (χ3n) is 6.44. The van der Waals surface area contributed by atoms with Crippen molar-refractivity contribution in [1.29, 1.82) is 0 Å². The molecule has 38 heavy (non-hydrogen) atoms. The highest BCUT2D eigenvalue weighted by atomic mass is 32.2. The van der Waals surface area contributed by atoms with E-state index in [4.69, 9.17) is 14.7 Å². The van der Waals surface area contributed by atoms with Crippen LogP contribution in [0.1, 0.15) is 34.5 Å². The predicted molar refractivity (Wildman–Crippen MR) is 146 cm³/mol. The van der Waals surface area contributed by atoms with Crippen LogP contribution in [0.4, 0.5) is 5.82 Å². The third kappa shape index (κ3) is 5.81. The number of sulfone groups is 1. The maximum atomic E-state index is 12.7. The molecule has 9 nitrogen and oxygen atoms in total. The summed E-state index contributed by atoms with van der Waals surface area (Å²) in [6, 6.07) is 16.3. The Morgan fingerprint density at radius 3 is 2.74 bits per heavy atom. The standard InChI is InChI=1S/C28H29N5O4S/c1-19-8-9-20(14-26(19)38(2,35)36)28(34)30-17-22-15-25-21(16-29-22)10-11-24(31-25)23-6-5-7-27(32-23)33-12-3-4-13-37-18-33/h5-11,14-16H,3-4,12-13,17-18H2,1-2H3,(H,30,34). The molecule has 1 saturated heterocycles. The molecule has 0 unspecified atom stereocenters. The van der Waals surface area contributed by atoms with Crippen LogP contribution < -0.4 is 10.2 Å². The number of aromatic nitrogens is 3. The summed E-state index contributed by atoms with van der Waals surface area (Å²) >= 11 is 0. The second-order valence-electron chi connectivity index (χ2n) is 9.39. The van der Waals surface area contributed by atoms with E-state index >= 15 is 0 Å². The van der Waals surface area contributed by atoms with Crippen molar-refractivity contribution in [2.75, 3.05) is 31.0 Å². The third-order valence-corrected chi connectivity index (χ3v) is 7.68. The number of nitrogens with zero attached hydrogens (tertiary/aromatic N) is 4. The van der Waals surface area contributed by atoms with Crippen molar-refractivity contribution >= 4 is 32.5 Å². The van der Waals surface area contributed by atoms with Gasteiger partial charge in [0.05, 0.1) is 34.0 Å². The molecule has 1 aromatic carbocycles. The predicted octanol–water partition coefficient (Wildman–Crippen LogP) is 3.91. The molecule has 1 N–H and O–H groups in total. The number of nitrogens with one attached hydrogen (secondary N) is 1. The highest BCUT2D eigenvalue weighted by Crippen LogP contribution is 2.23. The summed E-state index contributed by atoms with van der Waals surface area (Å²) in [6.45, 7) is 4.08. The number of benzene rings is 1. The molecule has 1 aliphatic rings. The van der Waals surface area contributed by atoms with Gasteiger partial charge in [0.2, 0.25) is 0 Å². The van der Waals surface area contributed by atoms with E-state index < -0.39 is 9.84 Å². The van der Waals surface area contributed by atoms with E-state index in [1.54, 1.807) is 25.3 Å². The molecule has 0 radical (unpaired) electrons. The molecule has 4 heterocycles. The Kier molecular flexibility index (Phi) is 7.35. The average molecular weight is 532 g/mol. The molecular formula is C28H29N5O4S. The van der Waals surface area contributed by atoms with E-state index in [0.29, 0.717) is 18.0 Å². The number of rotatable bonds is 6. The first-order valence-electron chi connectivity index (χ1n) is 12.4. The molecule has 0 bridgehead atoms. The summed E-state index contributed by atoms with van der Waals surface area (Å²) in [4.78, 5) is 29.1. The van der Waals surface area contributed by atoms with Gasteiger partial charge in [-0.3, -0.25) is 9.78 Å². The Hall–Kier alpha value is -3.89. The number of fused-ring (bicyclic) bond motifs is 1. The SMILES string of the molecule is Cc1ccc(C(=O)NCc2cc3nc(-c4cccc(N5CCCCOC5)n4)ccc3cn2)cc1S(C)(=O)=O. The van der Waals surface area contributed by atoms with Crippen molar-refractivity contribution < 1.29 is 17.9 Å². The number of hydrogen-bond acceptors (Lipinski definition) is 8. The Labute approximate surface area is 221 Å². The maximum absolute atomic E-state index is 12.7. The van der Waals surface area contributed by atoms with E-state index in [9.17, 15) is 13.2 Å². The number of amides is 1. The van der Waals surface area contributed by atoms with E-state index in [0.717, 1.165) is 60.4 Å². The molecule has 5 rings (SSSR count). The fourth-order valence-electron chi connectivity index (χ4n) is 4.38. The van der Waals surface area contributed by atoms with Gasteiger partial charge >= 0.3 is 0 Å². The van der Waals surface area contributed by atoms with Crippen LogP contribution in [-0.4, -0.2) is 55.4 Å². The molecule has 1 amide bonds. The lowest BCUT2D eigenvalue weighted by atomic mass is 10.1. The fraction of sp³-hybridized carbons (Fsp3) is 0.286. The molecule has 1 aliphatic heterocycles. The number of anilines is 1. The van der Waals surface area contributed by atoms with Gasteiger partial charge in [0, 0.05) is 36.6 Å². The van der Waals surface area contributed by atoms with Gasteiger partial charge in [-0.05, 0) is 67.8 Å². The lowest BCUT2D eigenvalue weighted by Gasteiger charge is -2.21. The summed E-state index contributed by atoms with van der Waals surface area (Å²) < 4.78 is 29.7. The highest BCUT2D eigenvalue weighted by molar-refractivity contribution is 7.90. The number of carbonyl (C=O) groups excluding carboxylic acids is 1. The molecule has 3 aromatic heterocycles. The van der Waals surface area contributed by atoms with Crippen LogP contribution in [0.5, 0.6) is 0 Å². The smallest absolute Gasteiger partial charge is 0.251 e. The number of pyridine rings is 3. The topological polar surface area (TPSA) is 114 Å². The van der Waals surface area contributed by atoms with Crippen molar-refractivity contribution in [3.8, 4) is 11.4 Å². The molecular weight excluding hydrogens is 502 g/mol. The number of carbonyl (C=O) groups is 1. The van der Waals surface area contributed by atoms with Gasteiger partial charge < -0.3 is 15.0 Å². The van der Waals surface area contributed by atoms with Crippen molar-refractivity contribution in [3.05, 3.63) is 77.6 Å². The van der Waals surface area contributed by atoms with Crippen LogP contribution in [0.15, 0.2) is 65.7 Å². The fourth-order valence-corrected chi connectivity index (χ4v) is 5.37. The molecule has 10 heteroatoms. The number of hydrogen-bond donors (Lipinski definition) is 1. The molecule has 4 aromatic rings. The normalized spacial score (nSPS) is 14.3. The van der Waals surface area contributed by atoms with E-state index in [2.05, 4.69) is 15.2 Å². The van der Waals surface area contributed by atoms with Gasteiger partial charge in [-0.15, -0.1) is 0 Å². The van der Waals surface area contributed by atoms with Crippen LogP contribution in [0.2, 0.25) is 0 Å². The van der Waals surface area contributed by atoms with E-state index in [-0.39, 0.29) is 22.9 Å². The Morgan fingerprint density at radius 1 is 1.05 bits per heavy atom. The first-order chi connectivity index (χ1) is 18.3. The first-order valence-corrected chi connectivity index (χ1v) is 14.3. The van der Waals surface area contributed by atoms with Crippen molar-refractivity contribution in [2.45, 2.75) is 31.2 Å². The quantitative estimate of drug-likeness (QED) is 0.398. The van der Waals surface area contributed by atoms with Gasteiger partial charge in [-0.2, -0.15) is 0 Å². The van der Waals surface area contributed by atoms with Gasteiger partial charge in [-0.1, -0.05) is 12.1 Å². The zero-order valence-electron chi connectivity index (χ0n) is 21.3. The Bertz CT molecular complexity index is 1600. The van der Waals surface area contributed by atoms with Gasteiger partial charge in [0.1, 0.15) is 12.5 Å². The van der Waals surface area contributed by atoms with Crippen molar-refractivity contribution in [3.63, 3.8) is 0 Å². The molecule has 0 atom stereocenters. The summed E-state index contributed by atoms with van der Waals surface area (Å²) in [7, 11) is -3.43. The van der Waals surface area contributed by atoms with Crippen LogP contribution >= 0.6 is 0 Å². The molecule has 0 aliphatic carbocycles. The van der Waals surface area contributed by atoms with Crippen LogP contribution in [0, 0.1) is 6.92 Å². The summed E-state index contributed by atoms with van der Waals surface area (Å²) in [5, 5.41) is 3.69. The second kappa shape index (κ2) is 10.8.